The smallest absolute Gasteiger partial charge is 0.261 e. The van der Waals surface area contributed by atoms with Crippen LogP contribution in [0.1, 0.15) is 56.7 Å². The molecule has 2 fully saturated rings. The van der Waals surface area contributed by atoms with Crippen LogP contribution in [0.15, 0.2) is 27.5 Å². The van der Waals surface area contributed by atoms with Crippen LogP contribution < -0.4 is 5.56 Å². The van der Waals surface area contributed by atoms with Crippen molar-refractivity contribution in [3.8, 4) is 0 Å². The van der Waals surface area contributed by atoms with E-state index < -0.39 is 0 Å². The van der Waals surface area contributed by atoms with Gasteiger partial charge in [0.25, 0.3) is 5.56 Å². The highest BCUT2D eigenvalue weighted by Gasteiger charge is 2.23. The standard InChI is InChI=1S/C20H26BrN3O/c21-16-8-9-18-17(14-16)20(25)24(13-12-23-10-4-5-11-23)19(22-18)15-6-2-1-3-7-15/h8-9,14-15H,1-7,10-13H2. The van der Waals surface area contributed by atoms with Gasteiger partial charge in [-0.15, -0.1) is 0 Å². The van der Waals surface area contributed by atoms with Crippen molar-refractivity contribution < 1.29 is 0 Å². The van der Waals surface area contributed by atoms with Gasteiger partial charge in [0.2, 0.25) is 0 Å². The van der Waals surface area contributed by atoms with Crippen LogP contribution in [0.5, 0.6) is 0 Å². The SMILES string of the molecule is O=c1c2cc(Br)ccc2nc(C2CCCCC2)n1CCN1CCCC1. The van der Waals surface area contributed by atoms with Gasteiger partial charge in [-0.1, -0.05) is 35.2 Å². The molecule has 4 nitrogen and oxygen atoms in total. The highest BCUT2D eigenvalue weighted by Crippen LogP contribution is 2.32. The molecule has 2 aliphatic rings. The third kappa shape index (κ3) is 3.68. The van der Waals surface area contributed by atoms with Crippen molar-refractivity contribution in [3.05, 3.63) is 38.9 Å². The average molecular weight is 404 g/mol. The summed E-state index contributed by atoms with van der Waals surface area (Å²) in [5.74, 6) is 1.46. The predicted octanol–water partition coefficient (Wildman–Crippen LogP) is 4.30. The van der Waals surface area contributed by atoms with E-state index in [9.17, 15) is 4.79 Å². The first-order chi connectivity index (χ1) is 12.2. The number of hydrogen-bond donors (Lipinski definition) is 0. The Bertz CT molecular complexity index is 804. The van der Waals surface area contributed by atoms with Gasteiger partial charge >= 0.3 is 0 Å². The lowest BCUT2D eigenvalue weighted by Gasteiger charge is -2.25. The van der Waals surface area contributed by atoms with Crippen molar-refractivity contribution in [2.24, 2.45) is 0 Å². The van der Waals surface area contributed by atoms with Crippen LogP contribution in [0, 0.1) is 0 Å². The van der Waals surface area contributed by atoms with E-state index in [1.165, 1.54) is 45.2 Å². The molecule has 0 atom stereocenters. The van der Waals surface area contributed by atoms with Crippen LogP contribution in [0.25, 0.3) is 10.9 Å². The minimum atomic E-state index is 0.131. The highest BCUT2D eigenvalue weighted by molar-refractivity contribution is 9.10. The number of halogens is 1. The highest BCUT2D eigenvalue weighted by atomic mass is 79.9. The molecule has 25 heavy (non-hydrogen) atoms. The minimum absolute atomic E-state index is 0.131. The van der Waals surface area contributed by atoms with Gasteiger partial charge < -0.3 is 4.90 Å². The lowest BCUT2D eigenvalue weighted by molar-refractivity contribution is 0.312. The van der Waals surface area contributed by atoms with Crippen LogP contribution in [-0.2, 0) is 6.54 Å². The lowest BCUT2D eigenvalue weighted by Crippen LogP contribution is -2.33. The number of benzene rings is 1. The Morgan fingerprint density at radius 1 is 1.04 bits per heavy atom. The fourth-order valence-corrected chi connectivity index (χ4v) is 4.71. The molecule has 0 spiro atoms. The summed E-state index contributed by atoms with van der Waals surface area (Å²) in [4.78, 5) is 20.7. The van der Waals surface area contributed by atoms with E-state index in [0.717, 1.165) is 47.1 Å². The summed E-state index contributed by atoms with van der Waals surface area (Å²) < 4.78 is 2.93. The van der Waals surface area contributed by atoms with Crippen molar-refractivity contribution in [3.63, 3.8) is 0 Å². The number of likely N-dealkylation sites (tertiary alicyclic amines) is 1. The molecular formula is C20H26BrN3O. The first kappa shape index (κ1) is 17.2. The monoisotopic (exact) mass is 403 g/mol. The average Bonchev–Trinajstić information content (AvgIpc) is 3.15. The largest absolute Gasteiger partial charge is 0.302 e. The number of fused-ring (bicyclic) bond motifs is 1. The summed E-state index contributed by atoms with van der Waals surface area (Å²) >= 11 is 3.49. The summed E-state index contributed by atoms with van der Waals surface area (Å²) in [6.07, 6.45) is 8.72. The summed E-state index contributed by atoms with van der Waals surface area (Å²) in [7, 11) is 0. The van der Waals surface area contributed by atoms with Crippen LogP contribution >= 0.6 is 15.9 Å². The number of hydrogen-bond acceptors (Lipinski definition) is 3. The molecule has 2 aromatic rings. The van der Waals surface area contributed by atoms with Crippen molar-refractivity contribution in [1.82, 2.24) is 14.5 Å². The molecule has 1 aromatic carbocycles. The molecule has 0 amide bonds. The zero-order valence-corrected chi connectivity index (χ0v) is 16.3. The van der Waals surface area contributed by atoms with E-state index in [1.54, 1.807) is 0 Å². The Labute approximate surface area is 157 Å². The molecule has 0 N–H and O–H groups in total. The first-order valence-corrected chi connectivity index (χ1v) is 10.4. The maximum atomic E-state index is 13.2. The van der Waals surface area contributed by atoms with E-state index >= 15 is 0 Å². The maximum absolute atomic E-state index is 13.2. The van der Waals surface area contributed by atoms with Gasteiger partial charge in [0.1, 0.15) is 5.82 Å². The van der Waals surface area contributed by atoms with Crippen molar-refractivity contribution in [2.75, 3.05) is 19.6 Å². The molecule has 1 saturated heterocycles. The Hall–Kier alpha value is -1.20. The third-order valence-electron chi connectivity index (χ3n) is 5.75. The Balaban J connectivity index is 1.74. The lowest BCUT2D eigenvalue weighted by atomic mass is 9.88. The molecule has 134 valence electrons. The molecule has 5 heteroatoms. The minimum Gasteiger partial charge on any atom is -0.302 e. The van der Waals surface area contributed by atoms with Crippen LogP contribution in [0.3, 0.4) is 0 Å². The van der Waals surface area contributed by atoms with Crippen molar-refractivity contribution in [1.29, 1.82) is 0 Å². The van der Waals surface area contributed by atoms with Gasteiger partial charge in [0.15, 0.2) is 0 Å². The fourth-order valence-electron chi connectivity index (χ4n) is 4.35. The number of rotatable bonds is 4. The predicted molar refractivity (Wildman–Crippen MR) is 105 cm³/mol. The molecule has 1 saturated carbocycles. The van der Waals surface area contributed by atoms with Gasteiger partial charge in [-0.25, -0.2) is 4.98 Å². The molecule has 0 unspecified atom stereocenters. The second-order valence-electron chi connectivity index (χ2n) is 7.47. The van der Waals surface area contributed by atoms with Gasteiger partial charge in [-0.3, -0.25) is 9.36 Å². The Morgan fingerprint density at radius 2 is 1.80 bits per heavy atom. The Morgan fingerprint density at radius 3 is 2.56 bits per heavy atom. The number of aromatic nitrogens is 2. The molecular weight excluding hydrogens is 378 g/mol. The van der Waals surface area contributed by atoms with Gasteiger partial charge in [0, 0.05) is 23.5 Å². The van der Waals surface area contributed by atoms with Crippen molar-refractivity contribution >= 4 is 26.8 Å². The normalized spacial score (nSPS) is 19.7. The molecule has 0 radical (unpaired) electrons. The molecule has 4 rings (SSSR count). The summed E-state index contributed by atoms with van der Waals surface area (Å²) in [5, 5.41) is 0.732. The maximum Gasteiger partial charge on any atom is 0.261 e. The molecule has 1 aliphatic carbocycles. The Kier molecular flexibility index (Phi) is 5.23. The third-order valence-corrected chi connectivity index (χ3v) is 6.25. The zero-order valence-electron chi connectivity index (χ0n) is 14.7. The summed E-state index contributed by atoms with van der Waals surface area (Å²) in [6.45, 7) is 4.06. The van der Waals surface area contributed by atoms with Crippen LogP contribution in [0.2, 0.25) is 0 Å². The van der Waals surface area contributed by atoms with Crippen LogP contribution in [0.4, 0.5) is 0 Å². The molecule has 1 aliphatic heterocycles. The second-order valence-corrected chi connectivity index (χ2v) is 8.39. The molecule has 1 aromatic heterocycles. The zero-order chi connectivity index (χ0) is 17.2. The van der Waals surface area contributed by atoms with Crippen molar-refractivity contribution in [2.45, 2.75) is 57.4 Å². The van der Waals surface area contributed by atoms with Crippen LogP contribution in [-0.4, -0.2) is 34.1 Å². The fraction of sp³-hybridized carbons (Fsp3) is 0.600. The first-order valence-electron chi connectivity index (χ1n) is 9.65. The van der Waals surface area contributed by atoms with E-state index in [1.807, 2.05) is 22.8 Å². The quantitative estimate of drug-likeness (QED) is 0.763. The van der Waals surface area contributed by atoms with E-state index in [-0.39, 0.29) is 5.56 Å². The van der Waals surface area contributed by atoms with Gasteiger partial charge in [0.05, 0.1) is 10.9 Å². The summed E-state index contributed by atoms with van der Waals surface area (Å²) in [5.41, 5.74) is 0.970. The van der Waals surface area contributed by atoms with E-state index in [2.05, 4.69) is 20.8 Å². The van der Waals surface area contributed by atoms with E-state index in [0.29, 0.717) is 5.92 Å². The summed E-state index contributed by atoms with van der Waals surface area (Å²) in [6, 6.07) is 5.87. The molecule has 0 bridgehead atoms. The second kappa shape index (κ2) is 7.58. The molecule has 2 heterocycles. The van der Waals surface area contributed by atoms with E-state index in [4.69, 9.17) is 4.98 Å². The number of nitrogens with zero attached hydrogens (tertiary/aromatic N) is 3. The topological polar surface area (TPSA) is 38.1 Å². The van der Waals surface area contributed by atoms with Gasteiger partial charge in [-0.05, 0) is 57.0 Å². The van der Waals surface area contributed by atoms with Gasteiger partial charge in [-0.2, -0.15) is 0 Å².